The predicted octanol–water partition coefficient (Wildman–Crippen LogP) is 2.02. The van der Waals surface area contributed by atoms with E-state index in [2.05, 4.69) is 25.8 Å². The first-order valence-electron chi connectivity index (χ1n) is 5.48. The minimum absolute atomic E-state index is 0.272. The monoisotopic (exact) mass is 306 g/mol. The van der Waals surface area contributed by atoms with Gasteiger partial charge in [0.2, 0.25) is 0 Å². The Bertz CT molecular complexity index is 727. The summed E-state index contributed by atoms with van der Waals surface area (Å²) < 4.78 is 1.39. The van der Waals surface area contributed by atoms with Crippen LogP contribution in [-0.4, -0.2) is 31.1 Å². The van der Waals surface area contributed by atoms with Crippen LogP contribution >= 0.6 is 22.9 Å². The van der Waals surface area contributed by atoms with Crippen molar-refractivity contribution in [3.63, 3.8) is 0 Å². The molecule has 0 saturated heterocycles. The highest BCUT2D eigenvalue weighted by molar-refractivity contribution is 7.13. The predicted molar refractivity (Wildman–Crippen MR) is 74.2 cm³/mol. The fourth-order valence-electron chi connectivity index (χ4n) is 1.56. The quantitative estimate of drug-likeness (QED) is 0.800. The van der Waals surface area contributed by atoms with Crippen molar-refractivity contribution in [3.05, 3.63) is 46.7 Å². The van der Waals surface area contributed by atoms with Gasteiger partial charge in [0, 0.05) is 17.1 Å². The van der Waals surface area contributed by atoms with Crippen molar-refractivity contribution in [2.24, 2.45) is 0 Å². The van der Waals surface area contributed by atoms with Gasteiger partial charge in [-0.05, 0) is 28.6 Å². The van der Waals surface area contributed by atoms with E-state index in [1.54, 1.807) is 29.8 Å². The Hall–Kier alpha value is -2.32. The molecule has 0 radical (unpaired) electrons. The van der Waals surface area contributed by atoms with E-state index in [0.29, 0.717) is 21.4 Å². The van der Waals surface area contributed by atoms with Crippen LogP contribution in [0.15, 0.2) is 36.1 Å². The molecule has 0 aliphatic carbocycles. The second-order valence-corrected chi connectivity index (χ2v) is 5.01. The summed E-state index contributed by atoms with van der Waals surface area (Å²) in [6, 6.07) is 4.86. The van der Waals surface area contributed by atoms with Gasteiger partial charge in [-0.15, -0.1) is 16.4 Å². The summed E-state index contributed by atoms with van der Waals surface area (Å²) >= 11 is 7.42. The molecule has 100 valence electrons. The maximum Gasteiger partial charge on any atom is 0.257 e. The van der Waals surface area contributed by atoms with Crippen LogP contribution in [0.3, 0.4) is 0 Å². The third kappa shape index (κ3) is 2.51. The summed E-state index contributed by atoms with van der Waals surface area (Å²) in [6.07, 6.45) is 3.03. The van der Waals surface area contributed by atoms with E-state index in [1.807, 2.05) is 0 Å². The molecule has 20 heavy (non-hydrogen) atoms. The van der Waals surface area contributed by atoms with Gasteiger partial charge in [-0.3, -0.25) is 10.1 Å². The van der Waals surface area contributed by atoms with Crippen molar-refractivity contribution in [2.45, 2.75) is 0 Å². The molecule has 3 rings (SSSR count). The summed E-state index contributed by atoms with van der Waals surface area (Å²) in [5, 5.41) is 16.3. The number of amides is 1. The summed E-state index contributed by atoms with van der Waals surface area (Å²) in [4.78, 5) is 16.1. The van der Waals surface area contributed by atoms with E-state index < -0.39 is 0 Å². The van der Waals surface area contributed by atoms with E-state index in [9.17, 15) is 4.79 Å². The van der Waals surface area contributed by atoms with E-state index in [1.165, 1.54) is 22.3 Å². The van der Waals surface area contributed by atoms with Gasteiger partial charge in [0.1, 0.15) is 6.33 Å². The topological polar surface area (TPSA) is 85.6 Å². The summed E-state index contributed by atoms with van der Waals surface area (Å²) in [5.74, 6) is -0.272. The lowest BCUT2D eigenvalue weighted by atomic mass is 10.2. The molecule has 2 aromatic heterocycles. The first-order chi connectivity index (χ1) is 9.74. The van der Waals surface area contributed by atoms with Gasteiger partial charge in [0.15, 0.2) is 5.13 Å². The highest BCUT2D eigenvalue weighted by atomic mass is 35.5. The molecular weight excluding hydrogens is 300 g/mol. The van der Waals surface area contributed by atoms with Gasteiger partial charge in [-0.2, -0.15) is 4.68 Å². The number of nitrogens with one attached hydrogen (secondary N) is 1. The molecule has 2 heterocycles. The van der Waals surface area contributed by atoms with Crippen LogP contribution in [0.1, 0.15) is 10.4 Å². The molecule has 0 aliphatic heterocycles. The van der Waals surface area contributed by atoms with Crippen LogP contribution in [0, 0.1) is 0 Å². The van der Waals surface area contributed by atoms with Crippen LogP contribution in [0.25, 0.3) is 5.69 Å². The largest absolute Gasteiger partial charge is 0.298 e. The average Bonchev–Trinajstić information content (AvgIpc) is 3.11. The molecule has 3 aromatic rings. The van der Waals surface area contributed by atoms with Gasteiger partial charge >= 0.3 is 0 Å². The number of anilines is 1. The lowest BCUT2D eigenvalue weighted by Crippen LogP contribution is -2.12. The number of halogens is 1. The van der Waals surface area contributed by atoms with E-state index >= 15 is 0 Å². The molecule has 9 heteroatoms. The molecule has 0 bridgehead atoms. The Labute approximate surface area is 122 Å². The molecule has 0 aliphatic rings. The van der Waals surface area contributed by atoms with Gasteiger partial charge in [0.25, 0.3) is 5.91 Å². The third-order valence-corrected chi connectivity index (χ3v) is 3.47. The number of carbonyl (C=O) groups excluding carboxylic acids is 1. The van der Waals surface area contributed by atoms with Crippen molar-refractivity contribution in [3.8, 4) is 5.69 Å². The van der Waals surface area contributed by atoms with E-state index in [0.717, 1.165) is 0 Å². The molecule has 1 amide bonds. The summed E-state index contributed by atoms with van der Waals surface area (Å²) in [7, 11) is 0. The Morgan fingerprint density at radius 1 is 1.40 bits per heavy atom. The lowest BCUT2D eigenvalue weighted by molar-refractivity contribution is 0.102. The standard InChI is InChI=1S/C11H7ClN6OS/c12-8-2-1-7(5-9(8)18-6-14-16-17-18)10(19)15-11-13-3-4-20-11/h1-6H,(H,13,15,19). The van der Waals surface area contributed by atoms with Crippen molar-refractivity contribution in [1.29, 1.82) is 0 Å². The zero-order valence-electron chi connectivity index (χ0n) is 9.89. The maximum absolute atomic E-state index is 12.1. The molecule has 7 nitrogen and oxygen atoms in total. The van der Waals surface area contributed by atoms with Gasteiger partial charge in [0.05, 0.1) is 10.7 Å². The zero-order chi connectivity index (χ0) is 13.9. The second kappa shape index (κ2) is 5.35. The highest BCUT2D eigenvalue weighted by Crippen LogP contribution is 2.21. The number of nitrogens with zero attached hydrogens (tertiary/aromatic N) is 5. The zero-order valence-corrected chi connectivity index (χ0v) is 11.5. The fourth-order valence-corrected chi connectivity index (χ4v) is 2.28. The Morgan fingerprint density at radius 2 is 2.30 bits per heavy atom. The van der Waals surface area contributed by atoms with Crippen molar-refractivity contribution >= 4 is 34.0 Å². The highest BCUT2D eigenvalue weighted by Gasteiger charge is 2.12. The minimum Gasteiger partial charge on any atom is -0.298 e. The lowest BCUT2D eigenvalue weighted by Gasteiger charge is -2.06. The minimum atomic E-state index is -0.272. The van der Waals surface area contributed by atoms with E-state index in [-0.39, 0.29) is 5.91 Å². The van der Waals surface area contributed by atoms with Crippen LogP contribution < -0.4 is 5.32 Å². The van der Waals surface area contributed by atoms with Crippen molar-refractivity contribution < 1.29 is 4.79 Å². The molecule has 0 unspecified atom stereocenters. The smallest absolute Gasteiger partial charge is 0.257 e. The molecule has 1 aromatic carbocycles. The van der Waals surface area contributed by atoms with Crippen molar-refractivity contribution in [1.82, 2.24) is 25.2 Å². The first-order valence-corrected chi connectivity index (χ1v) is 6.73. The number of tetrazole rings is 1. The SMILES string of the molecule is O=C(Nc1nccs1)c1ccc(Cl)c(-n2cnnn2)c1. The van der Waals surface area contributed by atoms with Gasteiger partial charge in [-0.1, -0.05) is 11.6 Å². The van der Waals surface area contributed by atoms with Crippen LogP contribution in [0.5, 0.6) is 0 Å². The summed E-state index contributed by atoms with van der Waals surface area (Å²) in [5.41, 5.74) is 0.971. The van der Waals surface area contributed by atoms with Crippen LogP contribution in [-0.2, 0) is 0 Å². The first kappa shape index (κ1) is 12.7. The maximum atomic E-state index is 12.1. The fraction of sp³-hybridized carbons (Fsp3) is 0. The number of aromatic nitrogens is 5. The number of rotatable bonds is 3. The third-order valence-electron chi connectivity index (χ3n) is 2.46. The second-order valence-electron chi connectivity index (χ2n) is 3.71. The number of carbonyl (C=O) groups is 1. The molecule has 0 spiro atoms. The Kier molecular flexibility index (Phi) is 3.40. The van der Waals surface area contributed by atoms with Gasteiger partial charge in [-0.25, -0.2) is 4.98 Å². The molecule has 0 fully saturated rings. The Balaban J connectivity index is 1.91. The number of hydrogen-bond donors (Lipinski definition) is 1. The normalized spacial score (nSPS) is 10.4. The van der Waals surface area contributed by atoms with Crippen LogP contribution in [0.2, 0.25) is 5.02 Å². The van der Waals surface area contributed by atoms with E-state index in [4.69, 9.17) is 11.6 Å². The average molecular weight is 307 g/mol. The molecule has 0 saturated carbocycles. The number of benzene rings is 1. The van der Waals surface area contributed by atoms with Crippen LogP contribution in [0.4, 0.5) is 5.13 Å². The van der Waals surface area contributed by atoms with Crippen molar-refractivity contribution in [2.75, 3.05) is 5.32 Å². The summed E-state index contributed by atoms with van der Waals surface area (Å²) in [6.45, 7) is 0. The number of hydrogen-bond acceptors (Lipinski definition) is 6. The molecule has 0 atom stereocenters. The Morgan fingerprint density at radius 3 is 3.00 bits per heavy atom. The van der Waals surface area contributed by atoms with Gasteiger partial charge < -0.3 is 0 Å². The number of thiazole rings is 1. The molecule has 1 N–H and O–H groups in total. The molecular formula is C11H7ClN6OS.